The van der Waals surface area contributed by atoms with Gasteiger partial charge in [-0.1, -0.05) is 49.4 Å². The first-order chi connectivity index (χ1) is 15.1. The van der Waals surface area contributed by atoms with Crippen molar-refractivity contribution in [3.63, 3.8) is 0 Å². The number of carbonyl (C=O) groups excluding carboxylic acids is 1. The molecule has 3 heterocycles. The van der Waals surface area contributed by atoms with Gasteiger partial charge in [0.15, 0.2) is 0 Å². The Kier molecular flexibility index (Phi) is 5.70. The third kappa shape index (κ3) is 4.08. The number of hydrogen-bond acceptors (Lipinski definition) is 4. The van der Waals surface area contributed by atoms with E-state index in [1.165, 1.54) is 25.7 Å². The first-order valence-electron chi connectivity index (χ1n) is 11.4. The molecule has 0 radical (unpaired) electrons. The number of benzene rings is 1. The quantitative estimate of drug-likeness (QED) is 0.518. The van der Waals surface area contributed by atoms with Gasteiger partial charge < -0.3 is 9.47 Å². The van der Waals surface area contributed by atoms with Crippen LogP contribution in [0.25, 0.3) is 22.4 Å². The molecule has 1 saturated carbocycles. The van der Waals surface area contributed by atoms with Gasteiger partial charge in [0, 0.05) is 44.2 Å². The zero-order valence-electron chi connectivity index (χ0n) is 18.1. The SMILES string of the molecule is Cn1c(-c2cc(N3CCC(C(=O)CC4CCCC4)CC3)ncc2Cl)nc2ccccc21. The number of hydrogen-bond donors (Lipinski definition) is 0. The molecule has 0 amide bonds. The summed E-state index contributed by atoms with van der Waals surface area (Å²) in [6.07, 6.45) is 9.42. The third-order valence-corrected chi connectivity index (χ3v) is 7.41. The molecular weight excluding hydrogens is 408 g/mol. The van der Waals surface area contributed by atoms with Crippen molar-refractivity contribution in [1.29, 1.82) is 0 Å². The van der Waals surface area contributed by atoms with Gasteiger partial charge in [-0.15, -0.1) is 0 Å². The Morgan fingerprint density at radius 3 is 2.61 bits per heavy atom. The van der Waals surface area contributed by atoms with Gasteiger partial charge in [-0.3, -0.25) is 4.79 Å². The van der Waals surface area contributed by atoms with Crippen LogP contribution in [0.15, 0.2) is 36.5 Å². The zero-order valence-corrected chi connectivity index (χ0v) is 18.8. The number of halogens is 1. The number of anilines is 1. The Morgan fingerprint density at radius 2 is 1.87 bits per heavy atom. The van der Waals surface area contributed by atoms with Gasteiger partial charge in [0.25, 0.3) is 0 Å². The van der Waals surface area contributed by atoms with Crippen LogP contribution in [0.4, 0.5) is 5.82 Å². The Labute approximate surface area is 188 Å². The van der Waals surface area contributed by atoms with Crippen molar-refractivity contribution in [1.82, 2.24) is 14.5 Å². The third-order valence-electron chi connectivity index (χ3n) is 7.11. The zero-order chi connectivity index (χ0) is 21.4. The average Bonchev–Trinajstić information content (AvgIpc) is 3.42. The summed E-state index contributed by atoms with van der Waals surface area (Å²) >= 11 is 6.54. The van der Waals surface area contributed by atoms with E-state index in [0.717, 1.165) is 60.6 Å². The molecule has 162 valence electrons. The number of fused-ring (bicyclic) bond motifs is 1. The summed E-state index contributed by atoms with van der Waals surface area (Å²) in [5.41, 5.74) is 2.93. The van der Waals surface area contributed by atoms with Crippen LogP contribution < -0.4 is 4.90 Å². The Bertz CT molecular complexity index is 1090. The number of ketones is 1. The number of nitrogens with zero attached hydrogens (tertiary/aromatic N) is 4. The molecule has 6 heteroatoms. The van der Waals surface area contributed by atoms with E-state index >= 15 is 0 Å². The van der Waals surface area contributed by atoms with Crippen molar-refractivity contribution in [2.24, 2.45) is 18.9 Å². The molecule has 1 aliphatic carbocycles. The minimum atomic E-state index is 0.212. The van der Waals surface area contributed by atoms with Gasteiger partial charge in [-0.2, -0.15) is 0 Å². The van der Waals surface area contributed by atoms with Crippen LogP contribution in [0.2, 0.25) is 5.02 Å². The van der Waals surface area contributed by atoms with Crippen molar-refractivity contribution in [3.8, 4) is 11.4 Å². The van der Waals surface area contributed by atoms with E-state index in [2.05, 4.69) is 20.5 Å². The smallest absolute Gasteiger partial charge is 0.142 e. The number of carbonyl (C=O) groups is 1. The minimum Gasteiger partial charge on any atom is -0.357 e. The van der Waals surface area contributed by atoms with Crippen molar-refractivity contribution in [2.45, 2.75) is 44.9 Å². The fourth-order valence-electron chi connectivity index (χ4n) is 5.25. The molecule has 3 aromatic rings. The number of piperidine rings is 1. The Balaban J connectivity index is 1.31. The maximum absolute atomic E-state index is 12.7. The lowest BCUT2D eigenvalue weighted by molar-refractivity contribution is -0.124. The van der Waals surface area contributed by atoms with E-state index in [-0.39, 0.29) is 5.92 Å². The van der Waals surface area contributed by atoms with E-state index in [1.807, 2.05) is 31.3 Å². The summed E-state index contributed by atoms with van der Waals surface area (Å²) in [6, 6.07) is 10.1. The second-order valence-corrected chi connectivity index (χ2v) is 9.49. The Hall–Kier alpha value is -2.40. The molecule has 5 rings (SSSR count). The number of aromatic nitrogens is 3. The molecular formula is C25H29ClN4O. The average molecular weight is 437 g/mol. The van der Waals surface area contributed by atoms with Crippen LogP contribution in [0.3, 0.4) is 0 Å². The van der Waals surface area contributed by atoms with E-state index < -0.39 is 0 Å². The van der Waals surface area contributed by atoms with Crippen LogP contribution in [-0.2, 0) is 11.8 Å². The topological polar surface area (TPSA) is 51.0 Å². The summed E-state index contributed by atoms with van der Waals surface area (Å²) < 4.78 is 2.08. The van der Waals surface area contributed by atoms with Gasteiger partial charge in [0.1, 0.15) is 17.4 Å². The fraction of sp³-hybridized carbons (Fsp3) is 0.480. The van der Waals surface area contributed by atoms with E-state index in [4.69, 9.17) is 16.6 Å². The fourth-order valence-corrected chi connectivity index (χ4v) is 5.44. The predicted octanol–water partition coefficient (Wildman–Crippen LogP) is 5.65. The number of rotatable bonds is 5. The molecule has 1 saturated heterocycles. The highest BCUT2D eigenvalue weighted by molar-refractivity contribution is 6.33. The number of Topliss-reactive ketones (excluding diaryl/α,β-unsaturated/α-hetero) is 1. The van der Waals surface area contributed by atoms with Crippen molar-refractivity contribution >= 4 is 34.2 Å². The monoisotopic (exact) mass is 436 g/mol. The minimum absolute atomic E-state index is 0.212. The number of aryl methyl sites for hydroxylation is 1. The first kappa shape index (κ1) is 20.5. The van der Waals surface area contributed by atoms with Crippen molar-refractivity contribution < 1.29 is 4.79 Å². The van der Waals surface area contributed by atoms with Gasteiger partial charge in [-0.05, 0) is 37.0 Å². The maximum Gasteiger partial charge on any atom is 0.142 e. The van der Waals surface area contributed by atoms with E-state index in [9.17, 15) is 4.79 Å². The molecule has 0 atom stereocenters. The van der Waals surface area contributed by atoms with Crippen molar-refractivity contribution in [2.75, 3.05) is 18.0 Å². The molecule has 0 bridgehead atoms. The predicted molar refractivity (Wildman–Crippen MR) is 125 cm³/mol. The molecule has 0 spiro atoms. The second-order valence-electron chi connectivity index (χ2n) is 9.09. The molecule has 2 aromatic heterocycles. The number of imidazole rings is 1. The summed E-state index contributed by atoms with van der Waals surface area (Å²) in [5.74, 6) is 3.09. The molecule has 2 aliphatic rings. The van der Waals surface area contributed by atoms with Crippen LogP contribution >= 0.6 is 11.6 Å². The lowest BCUT2D eigenvalue weighted by atomic mass is 9.87. The Morgan fingerprint density at radius 1 is 1.13 bits per heavy atom. The molecule has 1 aliphatic heterocycles. The summed E-state index contributed by atoms with van der Waals surface area (Å²) in [6.45, 7) is 1.72. The summed E-state index contributed by atoms with van der Waals surface area (Å²) in [4.78, 5) is 24.4. The second kappa shape index (κ2) is 8.62. The lowest BCUT2D eigenvalue weighted by Crippen LogP contribution is -2.37. The molecule has 31 heavy (non-hydrogen) atoms. The van der Waals surface area contributed by atoms with Crippen LogP contribution in [0.1, 0.15) is 44.9 Å². The van der Waals surface area contributed by atoms with Gasteiger partial charge in [-0.25, -0.2) is 9.97 Å². The summed E-state index contributed by atoms with van der Waals surface area (Å²) in [7, 11) is 2.02. The molecule has 0 N–H and O–H groups in total. The molecule has 5 nitrogen and oxygen atoms in total. The molecule has 2 fully saturated rings. The van der Waals surface area contributed by atoms with Gasteiger partial charge >= 0.3 is 0 Å². The largest absolute Gasteiger partial charge is 0.357 e. The molecule has 1 aromatic carbocycles. The summed E-state index contributed by atoms with van der Waals surface area (Å²) in [5, 5.41) is 0.601. The normalized spacial score (nSPS) is 18.2. The highest BCUT2D eigenvalue weighted by Crippen LogP contribution is 2.34. The van der Waals surface area contributed by atoms with E-state index in [0.29, 0.717) is 16.7 Å². The van der Waals surface area contributed by atoms with Gasteiger partial charge in [0.2, 0.25) is 0 Å². The highest BCUT2D eigenvalue weighted by Gasteiger charge is 2.28. The first-order valence-corrected chi connectivity index (χ1v) is 11.8. The van der Waals surface area contributed by atoms with Crippen LogP contribution in [-0.4, -0.2) is 33.4 Å². The molecule has 0 unspecified atom stereocenters. The standard InChI is InChI=1S/C25H29ClN4O/c1-29-22-9-5-4-8-21(22)28-25(29)19-15-24(27-16-20(19)26)30-12-10-18(11-13-30)23(31)14-17-6-2-3-7-17/h4-5,8-9,15-18H,2-3,6-7,10-14H2,1H3. The highest BCUT2D eigenvalue weighted by atomic mass is 35.5. The van der Waals surface area contributed by atoms with Crippen molar-refractivity contribution in [3.05, 3.63) is 41.6 Å². The van der Waals surface area contributed by atoms with Crippen LogP contribution in [0, 0.1) is 11.8 Å². The van der Waals surface area contributed by atoms with E-state index in [1.54, 1.807) is 6.20 Å². The van der Waals surface area contributed by atoms with Gasteiger partial charge in [0.05, 0.1) is 16.1 Å². The number of para-hydroxylation sites is 2. The lowest BCUT2D eigenvalue weighted by Gasteiger charge is -2.32. The number of pyridine rings is 1. The van der Waals surface area contributed by atoms with Crippen LogP contribution in [0.5, 0.6) is 0 Å². The maximum atomic E-state index is 12.7.